The van der Waals surface area contributed by atoms with Gasteiger partial charge in [0.25, 0.3) is 0 Å². The number of pyridine rings is 1. The molecule has 0 fully saturated rings. The predicted octanol–water partition coefficient (Wildman–Crippen LogP) is 1.86. The maximum atomic E-state index is 12.8. The number of hydrogen-bond donors (Lipinski definition) is 1. The smallest absolute Gasteiger partial charge is 0.141 e. The molecule has 4 nitrogen and oxygen atoms in total. The number of nitrogens with zero attached hydrogens (tertiary/aromatic N) is 2. The highest BCUT2D eigenvalue weighted by Gasteiger charge is 2.19. The summed E-state index contributed by atoms with van der Waals surface area (Å²) in [6, 6.07) is 2.85. The van der Waals surface area contributed by atoms with Gasteiger partial charge in [-0.1, -0.05) is 6.92 Å². The summed E-state index contributed by atoms with van der Waals surface area (Å²) >= 11 is 0. The van der Waals surface area contributed by atoms with Gasteiger partial charge in [0.2, 0.25) is 0 Å². The molecule has 1 N–H and O–H groups in total. The highest BCUT2D eigenvalue weighted by molar-refractivity contribution is 5.08. The summed E-state index contributed by atoms with van der Waals surface area (Å²) < 4.78 is 17.8. The van der Waals surface area contributed by atoms with Crippen LogP contribution in [0.2, 0.25) is 0 Å². The maximum Gasteiger partial charge on any atom is 0.141 e. The van der Waals surface area contributed by atoms with Crippen molar-refractivity contribution in [1.29, 1.82) is 0 Å². The number of aliphatic hydroxyl groups excluding tert-OH is 1. The first-order valence-electron chi connectivity index (χ1n) is 6.51. The molecule has 1 aromatic rings. The molecule has 0 bridgehead atoms. The highest BCUT2D eigenvalue weighted by atomic mass is 19.1. The molecule has 0 aliphatic carbocycles. The zero-order chi connectivity index (χ0) is 14.3. The summed E-state index contributed by atoms with van der Waals surface area (Å²) in [4.78, 5) is 6.07. The lowest BCUT2D eigenvalue weighted by Crippen LogP contribution is -2.29. The second-order valence-corrected chi connectivity index (χ2v) is 4.93. The third kappa shape index (κ3) is 5.63. The van der Waals surface area contributed by atoms with E-state index < -0.39 is 6.10 Å². The Hall–Kier alpha value is -1.04. The van der Waals surface area contributed by atoms with Crippen LogP contribution in [0.4, 0.5) is 4.39 Å². The van der Waals surface area contributed by atoms with Crippen molar-refractivity contribution in [3.8, 4) is 0 Å². The van der Waals surface area contributed by atoms with Crippen molar-refractivity contribution in [2.24, 2.45) is 5.92 Å². The Balaban J connectivity index is 2.43. The highest BCUT2D eigenvalue weighted by Crippen LogP contribution is 2.20. The minimum atomic E-state index is -0.675. The van der Waals surface area contributed by atoms with Gasteiger partial charge in [0.15, 0.2) is 0 Å². The molecule has 0 saturated heterocycles. The molecule has 0 aliphatic heterocycles. The van der Waals surface area contributed by atoms with Crippen LogP contribution in [-0.4, -0.2) is 48.8 Å². The van der Waals surface area contributed by atoms with Gasteiger partial charge in [-0.3, -0.25) is 4.98 Å². The van der Waals surface area contributed by atoms with E-state index in [0.29, 0.717) is 5.69 Å². The van der Waals surface area contributed by atoms with Crippen molar-refractivity contribution >= 4 is 0 Å². The van der Waals surface area contributed by atoms with E-state index in [0.717, 1.165) is 32.3 Å². The molecule has 108 valence electrons. The van der Waals surface area contributed by atoms with Gasteiger partial charge in [0, 0.05) is 32.7 Å². The molecule has 2 unspecified atom stereocenters. The number of aromatic nitrogens is 1. The Kier molecular flexibility index (Phi) is 6.91. The van der Waals surface area contributed by atoms with Crippen LogP contribution in [0.3, 0.4) is 0 Å². The van der Waals surface area contributed by atoms with E-state index in [1.807, 2.05) is 14.0 Å². The van der Waals surface area contributed by atoms with E-state index in [1.165, 1.54) is 12.1 Å². The molecular formula is C14H23FN2O2. The normalized spacial score (nSPS) is 14.6. The molecule has 2 atom stereocenters. The fraction of sp³-hybridized carbons (Fsp3) is 0.643. The SMILES string of the molecule is COCCCN(C)CC(C)C(O)c1ccc(F)cn1. The van der Waals surface area contributed by atoms with Crippen LogP contribution >= 0.6 is 0 Å². The average Bonchev–Trinajstić information content (AvgIpc) is 2.39. The van der Waals surface area contributed by atoms with E-state index in [-0.39, 0.29) is 11.7 Å². The van der Waals surface area contributed by atoms with E-state index in [9.17, 15) is 9.50 Å². The summed E-state index contributed by atoms with van der Waals surface area (Å²) in [5.41, 5.74) is 0.513. The number of halogens is 1. The van der Waals surface area contributed by atoms with Crippen LogP contribution in [0.5, 0.6) is 0 Å². The van der Waals surface area contributed by atoms with Gasteiger partial charge >= 0.3 is 0 Å². The first kappa shape index (κ1) is 16.0. The minimum Gasteiger partial charge on any atom is -0.386 e. The van der Waals surface area contributed by atoms with Crippen molar-refractivity contribution in [3.05, 3.63) is 29.8 Å². The number of ether oxygens (including phenoxy) is 1. The van der Waals surface area contributed by atoms with Gasteiger partial charge in [0.1, 0.15) is 5.82 Å². The van der Waals surface area contributed by atoms with Crippen LogP contribution in [-0.2, 0) is 4.74 Å². The average molecular weight is 270 g/mol. The summed E-state index contributed by atoms with van der Waals surface area (Å²) in [5.74, 6) is -0.356. The lowest BCUT2D eigenvalue weighted by atomic mass is 10.0. The molecule has 1 rings (SSSR count). The lowest BCUT2D eigenvalue weighted by molar-refractivity contribution is 0.0882. The molecule has 0 saturated carbocycles. The third-order valence-electron chi connectivity index (χ3n) is 3.08. The van der Waals surface area contributed by atoms with Gasteiger partial charge < -0.3 is 14.7 Å². The summed E-state index contributed by atoms with van der Waals surface area (Å²) in [7, 11) is 3.70. The standard InChI is InChI=1S/C14H23FN2O2/c1-11(10-17(2)7-4-8-19-3)14(18)13-6-5-12(15)9-16-13/h5-6,9,11,14,18H,4,7-8,10H2,1-3H3. The van der Waals surface area contributed by atoms with Crippen LogP contribution < -0.4 is 0 Å². The fourth-order valence-corrected chi connectivity index (χ4v) is 2.02. The van der Waals surface area contributed by atoms with Crippen molar-refractivity contribution in [1.82, 2.24) is 9.88 Å². The van der Waals surface area contributed by atoms with Crippen LogP contribution in [0.25, 0.3) is 0 Å². The second-order valence-electron chi connectivity index (χ2n) is 4.93. The molecule has 1 heterocycles. The van der Waals surface area contributed by atoms with Gasteiger partial charge in [-0.2, -0.15) is 0 Å². The molecule has 1 aromatic heterocycles. The Labute approximate surface area is 114 Å². The Morgan fingerprint density at radius 2 is 2.21 bits per heavy atom. The molecule has 0 radical (unpaired) electrons. The van der Waals surface area contributed by atoms with E-state index in [2.05, 4.69) is 9.88 Å². The lowest BCUT2D eigenvalue weighted by Gasteiger charge is -2.24. The first-order valence-corrected chi connectivity index (χ1v) is 6.51. The van der Waals surface area contributed by atoms with Gasteiger partial charge in [0.05, 0.1) is 18.0 Å². The van der Waals surface area contributed by atoms with Crippen molar-refractivity contribution < 1.29 is 14.2 Å². The molecule has 19 heavy (non-hydrogen) atoms. The molecule has 0 amide bonds. The third-order valence-corrected chi connectivity index (χ3v) is 3.08. The first-order chi connectivity index (χ1) is 9.04. The fourth-order valence-electron chi connectivity index (χ4n) is 2.02. The van der Waals surface area contributed by atoms with Crippen molar-refractivity contribution in [2.75, 3.05) is 33.9 Å². The Morgan fingerprint density at radius 3 is 2.79 bits per heavy atom. The molecule has 0 aromatic carbocycles. The maximum absolute atomic E-state index is 12.8. The van der Waals surface area contributed by atoms with E-state index in [1.54, 1.807) is 7.11 Å². The van der Waals surface area contributed by atoms with Crippen molar-refractivity contribution in [3.63, 3.8) is 0 Å². The molecule has 0 aliphatic rings. The zero-order valence-electron chi connectivity index (χ0n) is 11.8. The van der Waals surface area contributed by atoms with Crippen LogP contribution in [0.15, 0.2) is 18.3 Å². The topological polar surface area (TPSA) is 45.6 Å². The van der Waals surface area contributed by atoms with Gasteiger partial charge in [-0.15, -0.1) is 0 Å². The van der Waals surface area contributed by atoms with Crippen LogP contribution in [0.1, 0.15) is 25.1 Å². The van der Waals surface area contributed by atoms with E-state index in [4.69, 9.17) is 4.74 Å². The number of aliphatic hydroxyl groups is 1. The second kappa shape index (κ2) is 8.19. The Bertz CT molecular complexity index is 359. The summed E-state index contributed by atoms with van der Waals surface area (Å²) in [6.07, 6.45) is 1.42. The predicted molar refractivity (Wildman–Crippen MR) is 72.3 cm³/mol. The summed E-state index contributed by atoms with van der Waals surface area (Å²) in [5, 5.41) is 10.2. The van der Waals surface area contributed by atoms with Gasteiger partial charge in [-0.25, -0.2) is 4.39 Å². The largest absolute Gasteiger partial charge is 0.386 e. The van der Waals surface area contributed by atoms with E-state index >= 15 is 0 Å². The number of rotatable bonds is 8. The minimum absolute atomic E-state index is 0.0329. The summed E-state index contributed by atoms with van der Waals surface area (Å²) in [6.45, 7) is 4.37. The van der Waals surface area contributed by atoms with Crippen molar-refractivity contribution in [2.45, 2.75) is 19.4 Å². The molecule has 5 heteroatoms. The quantitative estimate of drug-likeness (QED) is 0.732. The van der Waals surface area contributed by atoms with Crippen LogP contribution in [0, 0.1) is 11.7 Å². The monoisotopic (exact) mass is 270 g/mol. The number of hydrogen-bond acceptors (Lipinski definition) is 4. The zero-order valence-corrected chi connectivity index (χ0v) is 11.8. The Morgan fingerprint density at radius 1 is 1.47 bits per heavy atom. The molecule has 0 spiro atoms. The van der Waals surface area contributed by atoms with Gasteiger partial charge in [-0.05, 0) is 25.6 Å². The molecular weight excluding hydrogens is 247 g/mol. The number of methoxy groups -OCH3 is 1.